The van der Waals surface area contributed by atoms with Gasteiger partial charge in [0.05, 0.1) is 0 Å². The van der Waals surface area contributed by atoms with Crippen molar-refractivity contribution in [2.75, 3.05) is 16.8 Å². The molecular weight excluding hydrogens is 282 g/mol. The number of hydrogen-bond acceptors (Lipinski definition) is 5. The van der Waals surface area contributed by atoms with E-state index in [4.69, 9.17) is 29.0 Å². The largest absolute Gasteiger partial charge is 0.399 e. The maximum absolute atomic E-state index is 8.74. The monoisotopic (exact) mass is 297 g/mol. The average molecular weight is 297 g/mol. The highest BCUT2D eigenvalue weighted by Crippen LogP contribution is 2.18. The molecular formula is C12H15N3O4S. The number of benzene rings is 2. The van der Waals surface area contributed by atoms with Crippen molar-refractivity contribution in [2.24, 2.45) is 0 Å². The molecule has 8 heteroatoms. The highest BCUT2D eigenvalue weighted by Gasteiger charge is 1.93. The molecule has 0 aliphatic rings. The van der Waals surface area contributed by atoms with Crippen LogP contribution in [0.25, 0.3) is 0 Å². The van der Waals surface area contributed by atoms with Gasteiger partial charge in [-0.05, 0) is 48.5 Å². The Morgan fingerprint density at radius 2 is 1.00 bits per heavy atom. The molecule has 0 aromatic heterocycles. The average Bonchev–Trinajstić information content (AvgIpc) is 2.33. The van der Waals surface area contributed by atoms with Gasteiger partial charge in [0.1, 0.15) is 0 Å². The molecule has 7 N–H and O–H groups in total. The fourth-order valence-corrected chi connectivity index (χ4v) is 1.30. The second-order valence-electron chi connectivity index (χ2n) is 3.82. The summed E-state index contributed by atoms with van der Waals surface area (Å²) in [4.78, 5) is 0. The highest BCUT2D eigenvalue weighted by molar-refractivity contribution is 7.79. The predicted molar refractivity (Wildman–Crippen MR) is 79.2 cm³/mol. The summed E-state index contributed by atoms with van der Waals surface area (Å²) in [6, 6.07) is 15.2. The normalized spacial score (nSPS) is 10.3. The first-order valence-corrected chi connectivity index (χ1v) is 6.82. The van der Waals surface area contributed by atoms with Gasteiger partial charge in [-0.3, -0.25) is 9.11 Å². The molecule has 0 spiro atoms. The van der Waals surface area contributed by atoms with E-state index in [0.717, 1.165) is 22.7 Å². The summed E-state index contributed by atoms with van der Waals surface area (Å²) >= 11 is 0. The van der Waals surface area contributed by atoms with Crippen LogP contribution in [0.5, 0.6) is 0 Å². The SMILES string of the molecule is Nc1ccc(Nc2ccc(N)cc2)cc1.O=S(=O)(O)O. The topological polar surface area (TPSA) is 139 Å². The van der Waals surface area contributed by atoms with E-state index in [9.17, 15) is 0 Å². The Bertz CT molecular complexity index is 588. The lowest BCUT2D eigenvalue weighted by molar-refractivity contribution is 0.381. The van der Waals surface area contributed by atoms with E-state index in [1.54, 1.807) is 0 Å². The number of hydrogen-bond donors (Lipinski definition) is 5. The van der Waals surface area contributed by atoms with E-state index < -0.39 is 10.4 Å². The maximum Gasteiger partial charge on any atom is 0.394 e. The lowest BCUT2D eigenvalue weighted by Gasteiger charge is -2.06. The minimum Gasteiger partial charge on any atom is -0.399 e. The van der Waals surface area contributed by atoms with Gasteiger partial charge in [0, 0.05) is 22.7 Å². The second-order valence-corrected chi connectivity index (χ2v) is 4.71. The van der Waals surface area contributed by atoms with Crippen LogP contribution in [0.1, 0.15) is 0 Å². The fraction of sp³-hybridized carbons (Fsp3) is 0. The van der Waals surface area contributed by atoms with Gasteiger partial charge in [0.15, 0.2) is 0 Å². The Labute approximate surface area is 116 Å². The van der Waals surface area contributed by atoms with Crippen LogP contribution in [0.2, 0.25) is 0 Å². The zero-order valence-corrected chi connectivity index (χ0v) is 11.2. The molecule has 7 nitrogen and oxygen atoms in total. The minimum atomic E-state index is -4.67. The molecule has 2 aromatic carbocycles. The summed E-state index contributed by atoms with van der Waals surface area (Å²) in [5.41, 5.74) is 14.7. The number of nitrogens with one attached hydrogen (secondary N) is 1. The molecule has 0 saturated carbocycles. The van der Waals surface area contributed by atoms with E-state index in [-0.39, 0.29) is 0 Å². The zero-order valence-electron chi connectivity index (χ0n) is 10.4. The molecule has 2 aromatic rings. The molecule has 0 aliphatic carbocycles. The number of nitrogens with two attached hydrogens (primary N) is 2. The smallest absolute Gasteiger partial charge is 0.394 e. The van der Waals surface area contributed by atoms with Crippen LogP contribution in [0.3, 0.4) is 0 Å². The van der Waals surface area contributed by atoms with Crippen LogP contribution in [0, 0.1) is 0 Å². The lowest BCUT2D eigenvalue weighted by Crippen LogP contribution is -1.91. The van der Waals surface area contributed by atoms with Gasteiger partial charge < -0.3 is 16.8 Å². The summed E-state index contributed by atoms with van der Waals surface area (Å²) in [5.74, 6) is 0. The molecule has 20 heavy (non-hydrogen) atoms. The van der Waals surface area contributed by atoms with Crippen molar-refractivity contribution >= 4 is 33.1 Å². The summed E-state index contributed by atoms with van der Waals surface area (Å²) in [5, 5.41) is 3.25. The van der Waals surface area contributed by atoms with Gasteiger partial charge in [-0.1, -0.05) is 0 Å². The second kappa shape index (κ2) is 6.75. The Hall–Kier alpha value is -2.29. The van der Waals surface area contributed by atoms with E-state index in [1.165, 1.54) is 0 Å². The first kappa shape index (κ1) is 15.8. The molecule has 2 rings (SSSR count). The Kier molecular flexibility index (Phi) is 5.32. The molecule has 108 valence electrons. The van der Waals surface area contributed by atoms with Crippen molar-refractivity contribution in [3.63, 3.8) is 0 Å². The van der Waals surface area contributed by atoms with E-state index in [0.29, 0.717) is 0 Å². The molecule has 0 saturated heterocycles. The van der Waals surface area contributed by atoms with Gasteiger partial charge in [0.25, 0.3) is 0 Å². The number of anilines is 4. The van der Waals surface area contributed by atoms with Gasteiger partial charge in [-0.2, -0.15) is 8.42 Å². The van der Waals surface area contributed by atoms with Gasteiger partial charge in [0.2, 0.25) is 0 Å². The third kappa shape index (κ3) is 7.21. The third-order valence-electron chi connectivity index (χ3n) is 2.11. The molecule has 0 amide bonds. The Morgan fingerprint density at radius 3 is 1.25 bits per heavy atom. The Morgan fingerprint density at radius 1 is 0.750 bits per heavy atom. The summed E-state index contributed by atoms with van der Waals surface area (Å²) in [6.07, 6.45) is 0. The van der Waals surface area contributed by atoms with Gasteiger partial charge >= 0.3 is 10.4 Å². The minimum absolute atomic E-state index is 0.762. The van der Waals surface area contributed by atoms with Crippen LogP contribution < -0.4 is 16.8 Å². The van der Waals surface area contributed by atoms with Crippen molar-refractivity contribution in [1.29, 1.82) is 0 Å². The van der Waals surface area contributed by atoms with Crippen molar-refractivity contribution in [1.82, 2.24) is 0 Å². The quantitative estimate of drug-likeness (QED) is 0.421. The Balaban J connectivity index is 0.000000347. The number of rotatable bonds is 2. The van der Waals surface area contributed by atoms with Crippen LogP contribution in [-0.4, -0.2) is 17.5 Å². The first-order chi connectivity index (χ1) is 9.24. The first-order valence-electron chi connectivity index (χ1n) is 5.42. The van der Waals surface area contributed by atoms with Crippen LogP contribution in [-0.2, 0) is 10.4 Å². The maximum atomic E-state index is 8.74. The van der Waals surface area contributed by atoms with E-state index >= 15 is 0 Å². The highest BCUT2D eigenvalue weighted by atomic mass is 32.3. The van der Waals surface area contributed by atoms with Crippen LogP contribution in [0.4, 0.5) is 22.7 Å². The summed E-state index contributed by atoms with van der Waals surface area (Å²) < 4.78 is 31.6. The molecule has 0 aliphatic heterocycles. The van der Waals surface area contributed by atoms with Gasteiger partial charge in [-0.25, -0.2) is 0 Å². The zero-order chi connectivity index (χ0) is 15.2. The fourth-order valence-electron chi connectivity index (χ4n) is 1.30. The summed E-state index contributed by atoms with van der Waals surface area (Å²) in [6.45, 7) is 0. The summed E-state index contributed by atoms with van der Waals surface area (Å²) in [7, 11) is -4.67. The molecule has 0 radical (unpaired) electrons. The standard InChI is InChI=1S/C12H13N3.H2O4S/c13-9-1-5-11(6-2-9)15-12-7-3-10(14)4-8-12;1-5(2,3)4/h1-8,15H,13-14H2;(H2,1,2,3,4). The lowest BCUT2D eigenvalue weighted by atomic mass is 10.2. The van der Waals surface area contributed by atoms with Crippen molar-refractivity contribution in [3.05, 3.63) is 48.5 Å². The predicted octanol–water partition coefficient (Wildman–Crippen LogP) is 1.94. The van der Waals surface area contributed by atoms with Crippen molar-refractivity contribution in [3.8, 4) is 0 Å². The molecule has 0 heterocycles. The molecule has 0 fully saturated rings. The van der Waals surface area contributed by atoms with Crippen LogP contribution in [0.15, 0.2) is 48.5 Å². The molecule has 0 atom stereocenters. The van der Waals surface area contributed by atoms with E-state index in [2.05, 4.69) is 5.32 Å². The van der Waals surface area contributed by atoms with E-state index in [1.807, 2.05) is 48.5 Å². The third-order valence-corrected chi connectivity index (χ3v) is 2.11. The van der Waals surface area contributed by atoms with Crippen LogP contribution >= 0.6 is 0 Å². The number of nitrogen functional groups attached to an aromatic ring is 2. The van der Waals surface area contributed by atoms with Crippen molar-refractivity contribution in [2.45, 2.75) is 0 Å². The molecule has 0 unspecified atom stereocenters. The molecule has 0 bridgehead atoms. The van der Waals surface area contributed by atoms with Crippen molar-refractivity contribution < 1.29 is 17.5 Å². The van der Waals surface area contributed by atoms with Gasteiger partial charge in [-0.15, -0.1) is 0 Å².